The van der Waals surface area contributed by atoms with E-state index in [4.69, 9.17) is 4.42 Å². The van der Waals surface area contributed by atoms with E-state index < -0.39 is 11.9 Å². The van der Waals surface area contributed by atoms with Gasteiger partial charge in [-0.05, 0) is 74.8 Å². The third-order valence-corrected chi connectivity index (χ3v) is 6.43. The summed E-state index contributed by atoms with van der Waals surface area (Å²) in [5.41, 5.74) is 0.524. The van der Waals surface area contributed by atoms with Crippen LogP contribution in [-0.4, -0.2) is 41.0 Å². The number of carbonyl (C=O) groups excluding carboxylic acids is 1. The van der Waals surface area contributed by atoms with E-state index in [1.807, 2.05) is 0 Å². The van der Waals surface area contributed by atoms with E-state index in [9.17, 15) is 18.0 Å². The summed E-state index contributed by atoms with van der Waals surface area (Å²) in [6.07, 6.45) is -1.67. The molecule has 0 spiro atoms. The molecule has 2 aromatic rings. The number of aromatic nitrogens is 1. The number of rotatable bonds is 4. The summed E-state index contributed by atoms with van der Waals surface area (Å²) < 4.78 is 42.4. The molecule has 5 nitrogen and oxygen atoms in total. The number of carbonyl (C=O) groups is 1. The third kappa shape index (κ3) is 3.91. The van der Waals surface area contributed by atoms with Crippen LogP contribution in [0.3, 0.4) is 0 Å². The molecule has 0 saturated carbocycles. The number of oxazole rings is 1. The molecule has 1 aromatic heterocycles. The molecule has 28 heavy (non-hydrogen) atoms. The van der Waals surface area contributed by atoms with Crippen molar-refractivity contribution in [2.45, 2.75) is 48.1 Å². The minimum Gasteiger partial charge on any atom is -0.427 e. The first-order chi connectivity index (χ1) is 13.3. The zero-order valence-corrected chi connectivity index (χ0v) is 16.0. The number of hydrogen-bond acceptors (Lipinski definition) is 5. The molecular weight excluding hydrogens is 391 g/mol. The Morgan fingerprint density at radius 1 is 1.25 bits per heavy atom. The van der Waals surface area contributed by atoms with Crippen molar-refractivity contribution < 1.29 is 22.4 Å². The van der Waals surface area contributed by atoms with Gasteiger partial charge < -0.3 is 9.73 Å². The van der Waals surface area contributed by atoms with Crippen LogP contribution >= 0.6 is 11.8 Å². The number of fused-ring (bicyclic) bond motifs is 3. The van der Waals surface area contributed by atoms with Crippen LogP contribution in [0, 0.1) is 5.92 Å². The molecule has 150 valence electrons. The number of piperidine rings is 3. The summed E-state index contributed by atoms with van der Waals surface area (Å²) in [5.74, 6) is -0.734. The molecule has 2 bridgehead atoms. The van der Waals surface area contributed by atoms with Gasteiger partial charge in [-0.1, -0.05) is 0 Å². The van der Waals surface area contributed by atoms with E-state index in [1.165, 1.54) is 0 Å². The lowest BCUT2D eigenvalue weighted by atomic mass is 9.79. The van der Waals surface area contributed by atoms with Gasteiger partial charge in [0.2, 0.25) is 5.76 Å². The van der Waals surface area contributed by atoms with Gasteiger partial charge in [-0.15, -0.1) is 0 Å². The Balaban J connectivity index is 1.39. The van der Waals surface area contributed by atoms with E-state index in [2.05, 4.69) is 22.1 Å². The van der Waals surface area contributed by atoms with E-state index in [-0.39, 0.29) is 17.2 Å². The smallest absolute Gasteiger partial charge is 0.427 e. The van der Waals surface area contributed by atoms with Gasteiger partial charge in [0.15, 0.2) is 0 Å². The van der Waals surface area contributed by atoms with E-state index >= 15 is 0 Å². The highest BCUT2D eigenvalue weighted by Gasteiger charge is 2.40. The summed E-state index contributed by atoms with van der Waals surface area (Å²) in [4.78, 5) is 19.3. The zero-order chi connectivity index (χ0) is 19.9. The van der Waals surface area contributed by atoms with Crippen LogP contribution in [0.1, 0.15) is 35.9 Å². The van der Waals surface area contributed by atoms with Crippen molar-refractivity contribution in [3.05, 3.63) is 41.8 Å². The van der Waals surface area contributed by atoms with Gasteiger partial charge in [0.05, 0.1) is 6.20 Å². The average molecular weight is 411 g/mol. The first-order valence-corrected chi connectivity index (χ1v) is 9.99. The lowest BCUT2D eigenvalue weighted by molar-refractivity contribution is -0.154. The van der Waals surface area contributed by atoms with Crippen molar-refractivity contribution in [2.24, 2.45) is 5.92 Å². The Hall–Kier alpha value is -2.00. The number of halogens is 3. The Morgan fingerprint density at radius 2 is 1.93 bits per heavy atom. The second kappa shape index (κ2) is 7.44. The van der Waals surface area contributed by atoms with Crippen molar-refractivity contribution >= 4 is 17.7 Å². The number of hydrogen-bond donors (Lipinski definition) is 1. The molecule has 1 amide bonds. The molecule has 3 aliphatic heterocycles. The second-order valence-corrected chi connectivity index (χ2v) is 8.25. The molecule has 3 saturated heterocycles. The summed E-state index contributed by atoms with van der Waals surface area (Å²) >= 11 is 0.975. The maximum Gasteiger partial charge on any atom is 0.451 e. The van der Waals surface area contributed by atoms with Crippen LogP contribution < -0.4 is 5.32 Å². The molecule has 2 atom stereocenters. The predicted molar refractivity (Wildman–Crippen MR) is 97.1 cm³/mol. The van der Waals surface area contributed by atoms with Crippen LogP contribution in [0.4, 0.5) is 13.2 Å². The zero-order valence-electron chi connectivity index (χ0n) is 15.2. The number of amides is 1. The van der Waals surface area contributed by atoms with Gasteiger partial charge in [-0.3, -0.25) is 9.69 Å². The van der Waals surface area contributed by atoms with Crippen LogP contribution in [0.2, 0.25) is 0 Å². The fraction of sp³-hybridized carbons (Fsp3) is 0.474. The third-order valence-electron chi connectivity index (χ3n) is 5.56. The largest absolute Gasteiger partial charge is 0.451 e. The fourth-order valence-corrected chi connectivity index (χ4v) is 4.70. The average Bonchev–Trinajstić information content (AvgIpc) is 3.14. The highest BCUT2D eigenvalue weighted by Crippen LogP contribution is 2.35. The van der Waals surface area contributed by atoms with Gasteiger partial charge in [0.1, 0.15) is 0 Å². The maximum absolute atomic E-state index is 12.6. The Bertz CT molecular complexity index is 843. The van der Waals surface area contributed by atoms with Crippen LogP contribution in [0.5, 0.6) is 0 Å². The summed E-state index contributed by atoms with van der Waals surface area (Å²) in [5, 5.41) is 3.07. The number of nitrogens with one attached hydrogen (secondary N) is 1. The van der Waals surface area contributed by atoms with Crippen LogP contribution in [-0.2, 0) is 6.18 Å². The van der Waals surface area contributed by atoms with Crippen molar-refractivity contribution in [3.8, 4) is 0 Å². The lowest BCUT2D eigenvalue weighted by Gasteiger charge is -2.49. The molecule has 1 N–H and O–H groups in total. The van der Waals surface area contributed by atoms with Crippen molar-refractivity contribution in [3.63, 3.8) is 0 Å². The minimum atomic E-state index is -4.56. The first-order valence-electron chi connectivity index (χ1n) is 9.17. The molecule has 1 aromatic carbocycles. The standard InChI is InChI=1S/C19H20F3N3O2S/c1-11-16(12-6-8-25(11)9-7-12)24-17(26)13-2-4-14(5-3-13)28-18-23-10-15(27-18)19(20,21)22/h2-5,10-12,16H,6-9H2,1H3,(H,24,26)/t11-,16-/m0/s1. The monoisotopic (exact) mass is 411 g/mol. The van der Waals surface area contributed by atoms with Gasteiger partial charge >= 0.3 is 6.18 Å². The van der Waals surface area contributed by atoms with E-state index in [1.54, 1.807) is 24.3 Å². The van der Waals surface area contributed by atoms with E-state index in [0.717, 1.165) is 37.7 Å². The molecule has 0 aliphatic carbocycles. The minimum absolute atomic E-state index is 0.0920. The molecule has 0 unspecified atom stereocenters. The van der Waals surface area contributed by atoms with Crippen LogP contribution in [0.15, 0.2) is 45.0 Å². The quantitative estimate of drug-likeness (QED) is 0.822. The van der Waals surface area contributed by atoms with Gasteiger partial charge in [0.25, 0.3) is 11.1 Å². The first kappa shape index (κ1) is 19.3. The van der Waals surface area contributed by atoms with Gasteiger partial charge in [0, 0.05) is 22.5 Å². The SMILES string of the molecule is C[C@H]1[C@H](NC(=O)c2ccc(Sc3ncc(C(F)(F)F)o3)cc2)C2CCN1CC2. The molecule has 5 rings (SSSR count). The summed E-state index contributed by atoms with van der Waals surface area (Å²) in [7, 11) is 0. The molecule has 0 radical (unpaired) electrons. The maximum atomic E-state index is 12.6. The van der Waals surface area contributed by atoms with Crippen LogP contribution in [0.25, 0.3) is 0 Å². The summed E-state index contributed by atoms with van der Waals surface area (Å²) in [6.45, 7) is 4.35. The molecule has 3 fully saturated rings. The highest BCUT2D eigenvalue weighted by atomic mass is 32.2. The molecule has 9 heteroatoms. The van der Waals surface area contributed by atoms with Gasteiger partial charge in [-0.25, -0.2) is 4.98 Å². The van der Waals surface area contributed by atoms with Crippen molar-refractivity contribution in [1.82, 2.24) is 15.2 Å². The molecular formula is C19H20F3N3O2S. The summed E-state index contributed by atoms with van der Waals surface area (Å²) in [6, 6.07) is 7.17. The fourth-order valence-electron chi connectivity index (χ4n) is 3.99. The Labute approximate surface area is 164 Å². The lowest BCUT2D eigenvalue weighted by Crippen LogP contribution is -2.62. The second-order valence-electron chi connectivity index (χ2n) is 7.23. The number of alkyl halides is 3. The number of nitrogens with zero attached hydrogens (tertiary/aromatic N) is 2. The predicted octanol–water partition coefficient (Wildman–Crippen LogP) is 4.06. The van der Waals surface area contributed by atoms with E-state index in [0.29, 0.717) is 28.6 Å². The van der Waals surface area contributed by atoms with Crippen molar-refractivity contribution in [2.75, 3.05) is 13.1 Å². The van der Waals surface area contributed by atoms with Gasteiger partial charge in [-0.2, -0.15) is 13.2 Å². The number of benzene rings is 1. The topological polar surface area (TPSA) is 58.4 Å². The molecule has 4 heterocycles. The Morgan fingerprint density at radius 3 is 2.50 bits per heavy atom. The van der Waals surface area contributed by atoms with Crippen molar-refractivity contribution in [1.29, 1.82) is 0 Å². The Kier molecular flexibility index (Phi) is 5.13. The highest BCUT2D eigenvalue weighted by molar-refractivity contribution is 7.99. The molecule has 3 aliphatic rings. The normalized spacial score (nSPS) is 27.0.